The van der Waals surface area contributed by atoms with Crippen LogP contribution in [0.2, 0.25) is 0 Å². The van der Waals surface area contributed by atoms with E-state index in [0.717, 1.165) is 5.56 Å². The van der Waals surface area contributed by atoms with Crippen molar-refractivity contribution in [1.82, 2.24) is 15.0 Å². The Bertz CT molecular complexity index is 958. The summed E-state index contributed by atoms with van der Waals surface area (Å²) in [5.74, 6) is 0.238. The number of hydrogen-bond acceptors (Lipinski definition) is 5. The van der Waals surface area contributed by atoms with Crippen molar-refractivity contribution >= 4 is 5.91 Å². The van der Waals surface area contributed by atoms with Crippen molar-refractivity contribution in [3.8, 4) is 17.1 Å². The van der Waals surface area contributed by atoms with Gasteiger partial charge in [-0.15, -0.1) is 0 Å². The monoisotopic (exact) mass is 367 g/mol. The first-order valence-corrected chi connectivity index (χ1v) is 8.63. The van der Waals surface area contributed by atoms with Crippen molar-refractivity contribution in [3.63, 3.8) is 0 Å². The predicted molar refractivity (Wildman–Crippen MR) is 95.5 cm³/mol. The number of amides is 1. The maximum atomic E-state index is 13.9. The Morgan fingerprint density at radius 1 is 1.26 bits per heavy atom. The Balaban J connectivity index is 1.49. The molecular weight excluding hydrogens is 349 g/mol. The van der Waals surface area contributed by atoms with Gasteiger partial charge in [-0.2, -0.15) is 4.98 Å². The molecular formula is C20H18FN3O3. The van der Waals surface area contributed by atoms with E-state index in [-0.39, 0.29) is 17.6 Å². The summed E-state index contributed by atoms with van der Waals surface area (Å²) in [6.45, 7) is 1.08. The van der Waals surface area contributed by atoms with E-state index in [1.54, 1.807) is 11.0 Å². The van der Waals surface area contributed by atoms with E-state index in [2.05, 4.69) is 10.1 Å². The lowest BCUT2D eigenvalue weighted by atomic mass is 10.1. The fraction of sp³-hybridized carbons (Fsp3) is 0.250. The molecule has 0 N–H and O–H groups in total. The largest absolute Gasteiger partial charge is 0.494 e. The molecule has 0 aliphatic carbocycles. The summed E-state index contributed by atoms with van der Waals surface area (Å²) in [7, 11) is 1.41. The molecule has 4 rings (SSSR count). The molecule has 0 radical (unpaired) electrons. The van der Waals surface area contributed by atoms with Gasteiger partial charge in [-0.1, -0.05) is 35.5 Å². The van der Waals surface area contributed by atoms with Gasteiger partial charge in [0.2, 0.25) is 17.6 Å². The molecule has 2 aromatic carbocycles. The Morgan fingerprint density at radius 2 is 2.07 bits per heavy atom. The number of rotatable bonds is 5. The molecule has 0 saturated carbocycles. The van der Waals surface area contributed by atoms with Crippen molar-refractivity contribution in [2.24, 2.45) is 0 Å². The number of methoxy groups -OCH3 is 1. The van der Waals surface area contributed by atoms with Gasteiger partial charge < -0.3 is 14.2 Å². The highest BCUT2D eigenvalue weighted by atomic mass is 19.1. The van der Waals surface area contributed by atoms with Gasteiger partial charge in [0.15, 0.2) is 11.6 Å². The molecule has 1 unspecified atom stereocenters. The van der Waals surface area contributed by atoms with Crippen LogP contribution >= 0.6 is 0 Å². The van der Waals surface area contributed by atoms with E-state index in [1.807, 2.05) is 30.3 Å². The molecule has 3 aromatic rings. The summed E-state index contributed by atoms with van der Waals surface area (Å²) in [5, 5.41) is 3.94. The average molecular weight is 367 g/mol. The number of ether oxygens (including phenoxy) is 1. The second-order valence-electron chi connectivity index (χ2n) is 6.47. The summed E-state index contributed by atoms with van der Waals surface area (Å²) in [6.07, 6.45) is 0.325. The highest BCUT2D eigenvalue weighted by molar-refractivity contribution is 5.79. The lowest BCUT2D eigenvalue weighted by Gasteiger charge is -2.15. The summed E-state index contributed by atoms with van der Waals surface area (Å²) >= 11 is 0. The average Bonchev–Trinajstić information content (AvgIpc) is 3.30. The minimum Gasteiger partial charge on any atom is -0.494 e. The SMILES string of the molecule is COc1ccc(-c2noc(C3CC(=O)N(Cc4ccccc4)C3)n2)cc1F. The van der Waals surface area contributed by atoms with E-state index in [1.165, 1.54) is 19.2 Å². The summed E-state index contributed by atoms with van der Waals surface area (Å²) < 4.78 is 24.2. The third-order valence-electron chi connectivity index (χ3n) is 4.63. The van der Waals surface area contributed by atoms with Crippen LogP contribution in [-0.2, 0) is 11.3 Å². The van der Waals surface area contributed by atoms with Gasteiger partial charge >= 0.3 is 0 Å². The Labute approximate surface area is 155 Å². The van der Waals surface area contributed by atoms with Gasteiger partial charge in [-0.3, -0.25) is 4.79 Å². The number of carbonyl (C=O) groups is 1. The molecule has 2 heterocycles. The quantitative estimate of drug-likeness (QED) is 0.691. The van der Waals surface area contributed by atoms with Crippen molar-refractivity contribution in [2.45, 2.75) is 18.9 Å². The smallest absolute Gasteiger partial charge is 0.232 e. The number of hydrogen-bond donors (Lipinski definition) is 0. The molecule has 1 amide bonds. The fourth-order valence-corrected chi connectivity index (χ4v) is 3.22. The number of carbonyl (C=O) groups excluding carboxylic acids is 1. The first kappa shape index (κ1) is 17.2. The lowest BCUT2D eigenvalue weighted by Crippen LogP contribution is -2.24. The fourth-order valence-electron chi connectivity index (χ4n) is 3.22. The van der Waals surface area contributed by atoms with Crippen LogP contribution in [0.5, 0.6) is 5.75 Å². The normalized spacial score (nSPS) is 16.7. The zero-order valence-corrected chi connectivity index (χ0v) is 14.8. The molecule has 1 saturated heterocycles. The highest BCUT2D eigenvalue weighted by Gasteiger charge is 2.34. The molecule has 0 bridgehead atoms. The molecule has 1 fully saturated rings. The maximum absolute atomic E-state index is 13.9. The van der Waals surface area contributed by atoms with Crippen molar-refractivity contribution in [2.75, 3.05) is 13.7 Å². The Hall–Kier alpha value is -3.22. The Morgan fingerprint density at radius 3 is 2.81 bits per heavy atom. The third-order valence-corrected chi connectivity index (χ3v) is 4.63. The molecule has 0 spiro atoms. The van der Waals surface area contributed by atoms with Crippen LogP contribution in [0.3, 0.4) is 0 Å². The second-order valence-corrected chi connectivity index (χ2v) is 6.47. The Kier molecular flexibility index (Phi) is 4.58. The number of nitrogens with zero attached hydrogens (tertiary/aromatic N) is 3. The third kappa shape index (κ3) is 3.53. The summed E-state index contributed by atoms with van der Waals surface area (Å²) in [6, 6.07) is 14.3. The van der Waals surface area contributed by atoms with Gasteiger partial charge in [0.1, 0.15) is 0 Å². The summed E-state index contributed by atoms with van der Waals surface area (Å²) in [5.41, 5.74) is 1.57. The van der Waals surface area contributed by atoms with E-state index in [0.29, 0.717) is 36.8 Å². The topological polar surface area (TPSA) is 68.5 Å². The molecule has 1 aromatic heterocycles. The first-order valence-electron chi connectivity index (χ1n) is 8.63. The zero-order chi connectivity index (χ0) is 18.8. The molecule has 1 atom stereocenters. The van der Waals surface area contributed by atoms with Gasteiger partial charge in [-0.25, -0.2) is 4.39 Å². The van der Waals surface area contributed by atoms with Crippen LogP contribution in [0.25, 0.3) is 11.4 Å². The molecule has 6 nitrogen and oxygen atoms in total. The maximum Gasteiger partial charge on any atom is 0.232 e. The van der Waals surface area contributed by atoms with Crippen molar-refractivity contribution < 1.29 is 18.4 Å². The minimum atomic E-state index is -0.494. The van der Waals surface area contributed by atoms with Gasteiger partial charge in [0, 0.05) is 25.1 Å². The van der Waals surface area contributed by atoms with Crippen LogP contribution in [0.4, 0.5) is 4.39 Å². The molecule has 1 aliphatic heterocycles. The van der Waals surface area contributed by atoms with Gasteiger partial charge in [0.25, 0.3) is 0 Å². The number of aromatic nitrogens is 2. The van der Waals surface area contributed by atoms with E-state index in [9.17, 15) is 9.18 Å². The standard InChI is InChI=1S/C20H18FN3O3/c1-26-17-8-7-14(9-16(17)21)19-22-20(27-23-19)15-10-18(25)24(12-15)11-13-5-3-2-4-6-13/h2-9,15H,10-12H2,1H3. The van der Waals surface area contributed by atoms with Gasteiger partial charge in [-0.05, 0) is 23.8 Å². The van der Waals surface area contributed by atoms with Crippen LogP contribution in [0, 0.1) is 5.82 Å². The van der Waals surface area contributed by atoms with Crippen LogP contribution < -0.4 is 4.74 Å². The second kappa shape index (κ2) is 7.19. The lowest BCUT2D eigenvalue weighted by molar-refractivity contribution is -0.128. The number of halogens is 1. The predicted octanol–water partition coefficient (Wildman–Crippen LogP) is 3.40. The number of likely N-dealkylation sites (tertiary alicyclic amines) is 1. The summed E-state index contributed by atoms with van der Waals surface area (Å²) in [4.78, 5) is 18.5. The molecule has 138 valence electrons. The molecule has 27 heavy (non-hydrogen) atoms. The zero-order valence-electron chi connectivity index (χ0n) is 14.8. The number of benzene rings is 2. The van der Waals surface area contributed by atoms with Gasteiger partial charge in [0.05, 0.1) is 13.0 Å². The van der Waals surface area contributed by atoms with Crippen LogP contribution in [0.15, 0.2) is 53.1 Å². The van der Waals surface area contributed by atoms with Crippen molar-refractivity contribution in [3.05, 3.63) is 65.8 Å². The molecule has 7 heteroatoms. The highest BCUT2D eigenvalue weighted by Crippen LogP contribution is 2.30. The van der Waals surface area contributed by atoms with E-state index < -0.39 is 5.82 Å². The molecule has 1 aliphatic rings. The minimum absolute atomic E-state index is 0.0547. The van der Waals surface area contributed by atoms with Crippen LogP contribution in [-0.4, -0.2) is 34.6 Å². The first-order chi connectivity index (χ1) is 13.1. The van der Waals surface area contributed by atoms with Crippen LogP contribution in [0.1, 0.15) is 23.8 Å². The van der Waals surface area contributed by atoms with E-state index in [4.69, 9.17) is 9.26 Å². The van der Waals surface area contributed by atoms with Crippen molar-refractivity contribution in [1.29, 1.82) is 0 Å². The van der Waals surface area contributed by atoms with E-state index >= 15 is 0 Å².